The summed E-state index contributed by atoms with van der Waals surface area (Å²) in [5.74, 6) is -2.37. The molecule has 0 spiro atoms. The van der Waals surface area contributed by atoms with E-state index < -0.39 is 29.7 Å². The molecule has 2 aromatic heterocycles. The monoisotopic (exact) mass is 783 g/mol. The van der Waals surface area contributed by atoms with E-state index in [2.05, 4.69) is 36.4 Å². The first kappa shape index (κ1) is 37.3. The number of carbonyl (C=O) groups excluding carboxylic acids is 6. The highest BCUT2D eigenvalue weighted by atomic mass is 35.5. The summed E-state index contributed by atoms with van der Waals surface area (Å²) < 4.78 is 1.96. The zero-order valence-corrected chi connectivity index (χ0v) is 30.8. The summed E-state index contributed by atoms with van der Waals surface area (Å²) in [5, 5.41) is 19.2. The zero-order chi connectivity index (χ0) is 38.6. The predicted molar refractivity (Wildman–Crippen MR) is 205 cm³/mol. The number of anilines is 2. The maximum atomic E-state index is 13.2. The molecule has 1 fully saturated rings. The van der Waals surface area contributed by atoms with Crippen LogP contribution in [-0.2, 0) is 25.7 Å². The quantitative estimate of drug-likeness (QED) is 0.0767. The van der Waals surface area contributed by atoms with Crippen molar-refractivity contribution in [2.45, 2.75) is 51.1 Å². The van der Waals surface area contributed by atoms with Crippen LogP contribution in [0.1, 0.15) is 64.8 Å². The van der Waals surface area contributed by atoms with Crippen LogP contribution in [0, 0.1) is 0 Å². The molecule has 1 atom stereocenters. The van der Waals surface area contributed by atoms with Gasteiger partial charge in [0.15, 0.2) is 5.82 Å². The van der Waals surface area contributed by atoms with Crippen LogP contribution in [-0.4, -0.2) is 79.2 Å². The van der Waals surface area contributed by atoms with Crippen molar-refractivity contribution in [3.63, 3.8) is 0 Å². The third kappa shape index (κ3) is 8.07. The van der Waals surface area contributed by atoms with Gasteiger partial charge >= 0.3 is 0 Å². The molecule has 0 aliphatic carbocycles. The first-order chi connectivity index (χ1) is 26.6. The molecule has 5 N–H and O–H groups in total. The molecular formula is C38H35Cl2N9O6. The molecule has 15 nitrogen and oxygen atoms in total. The Labute approximate surface area is 324 Å². The smallest absolute Gasteiger partial charge is 0.264 e. The van der Waals surface area contributed by atoms with Gasteiger partial charge in [-0.2, -0.15) is 5.10 Å². The van der Waals surface area contributed by atoms with Crippen LogP contribution in [0.3, 0.4) is 0 Å². The number of aromatic amines is 1. The number of halogens is 2. The molecule has 55 heavy (non-hydrogen) atoms. The number of imide groups is 2. The second kappa shape index (κ2) is 16.1. The lowest BCUT2D eigenvalue weighted by Gasteiger charge is -2.27. The van der Waals surface area contributed by atoms with Crippen LogP contribution in [0.15, 0.2) is 67.0 Å². The predicted octanol–water partition coefficient (Wildman–Crippen LogP) is 4.91. The van der Waals surface area contributed by atoms with Crippen molar-refractivity contribution < 1.29 is 28.8 Å². The van der Waals surface area contributed by atoms with Gasteiger partial charge in [0.25, 0.3) is 11.8 Å². The van der Waals surface area contributed by atoms with Crippen LogP contribution in [0.4, 0.5) is 11.5 Å². The fourth-order valence-electron chi connectivity index (χ4n) is 6.66. The summed E-state index contributed by atoms with van der Waals surface area (Å²) in [5.41, 5.74) is 4.75. The molecule has 0 bridgehead atoms. The highest BCUT2D eigenvalue weighted by molar-refractivity contribution is 6.36. The Kier molecular flexibility index (Phi) is 10.9. The first-order valence-corrected chi connectivity index (χ1v) is 18.4. The van der Waals surface area contributed by atoms with Crippen LogP contribution >= 0.6 is 23.2 Å². The average molecular weight is 785 g/mol. The van der Waals surface area contributed by atoms with Gasteiger partial charge in [-0.1, -0.05) is 41.4 Å². The Bertz CT molecular complexity index is 2340. The fraction of sp³-hybridized carbons (Fsp3) is 0.263. The largest absolute Gasteiger partial charge is 0.383 e. The molecule has 17 heteroatoms. The van der Waals surface area contributed by atoms with Crippen molar-refractivity contribution in [3.05, 3.63) is 93.7 Å². The van der Waals surface area contributed by atoms with E-state index in [4.69, 9.17) is 23.2 Å². The molecule has 0 radical (unpaired) electrons. The molecule has 2 aliphatic rings. The van der Waals surface area contributed by atoms with Crippen molar-refractivity contribution >= 4 is 81.2 Å². The number of nitrogens with one attached hydrogen (secondary N) is 5. The molecule has 5 aromatic rings. The number of hydrogen-bond donors (Lipinski definition) is 5. The third-order valence-corrected chi connectivity index (χ3v) is 10.2. The summed E-state index contributed by atoms with van der Waals surface area (Å²) in [6.45, 7) is 0.959. The number of benzene rings is 3. The molecule has 1 unspecified atom stereocenters. The minimum atomic E-state index is -1.06. The molecule has 6 amide bonds. The second-order valence-electron chi connectivity index (χ2n) is 13.2. The van der Waals surface area contributed by atoms with Gasteiger partial charge in [-0.3, -0.25) is 44.1 Å². The maximum absolute atomic E-state index is 13.2. The summed E-state index contributed by atoms with van der Waals surface area (Å²) >= 11 is 12.8. The zero-order valence-electron chi connectivity index (χ0n) is 29.3. The van der Waals surface area contributed by atoms with E-state index in [0.29, 0.717) is 46.6 Å². The van der Waals surface area contributed by atoms with Crippen molar-refractivity contribution in [3.8, 4) is 11.3 Å². The summed E-state index contributed by atoms with van der Waals surface area (Å²) in [6.07, 6.45) is 3.24. The topological polar surface area (TPSA) is 200 Å². The van der Waals surface area contributed by atoms with E-state index in [1.807, 2.05) is 22.8 Å². The highest BCUT2D eigenvalue weighted by Gasteiger charge is 2.45. The van der Waals surface area contributed by atoms with Crippen molar-refractivity contribution in [2.75, 3.05) is 23.7 Å². The molecule has 0 saturated carbocycles. The second-order valence-corrected chi connectivity index (χ2v) is 14.0. The Morgan fingerprint density at radius 1 is 0.891 bits per heavy atom. The van der Waals surface area contributed by atoms with E-state index in [0.717, 1.165) is 27.1 Å². The van der Waals surface area contributed by atoms with Crippen molar-refractivity contribution in [1.82, 2.24) is 35.3 Å². The lowest BCUT2D eigenvalue weighted by molar-refractivity contribution is -0.136. The van der Waals surface area contributed by atoms with Gasteiger partial charge in [0.1, 0.15) is 6.04 Å². The number of nitrogens with zero attached hydrogens (tertiary/aromatic N) is 4. The van der Waals surface area contributed by atoms with Gasteiger partial charge in [0.2, 0.25) is 23.6 Å². The number of carbonyl (C=O) groups is 6. The molecule has 7 rings (SSSR count). The number of H-pyrrole nitrogens is 1. The van der Waals surface area contributed by atoms with Gasteiger partial charge in [0, 0.05) is 65.3 Å². The van der Waals surface area contributed by atoms with E-state index in [1.54, 1.807) is 42.7 Å². The number of imidazole rings is 1. The van der Waals surface area contributed by atoms with Crippen LogP contribution in [0.2, 0.25) is 10.0 Å². The SMILES string of the molecule is O=C(CCCCC(=O)Nc1cc(-c2ccc3ncn(Cc4c(Cl)cccc4Cl)c3c2)[nH]n1)NCCNc1cccc2c1C(=O)N(C1CCC(=O)NC1=O)C2=O. The maximum Gasteiger partial charge on any atom is 0.264 e. The number of fused-ring (bicyclic) bond motifs is 2. The van der Waals surface area contributed by atoms with E-state index in [9.17, 15) is 28.8 Å². The number of unbranched alkanes of at least 4 members (excludes halogenated alkanes) is 1. The van der Waals surface area contributed by atoms with Crippen LogP contribution < -0.4 is 21.3 Å². The number of hydrogen-bond acceptors (Lipinski definition) is 9. The van der Waals surface area contributed by atoms with E-state index in [1.165, 1.54) is 6.07 Å². The van der Waals surface area contributed by atoms with E-state index in [-0.39, 0.29) is 61.7 Å². The van der Waals surface area contributed by atoms with Crippen LogP contribution in [0.25, 0.3) is 22.3 Å². The fourth-order valence-corrected chi connectivity index (χ4v) is 7.18. The lowest BCUT2D eigenvalue weighted by Crippen LogP contribution is -2.54. The minimum absolute atomic E-state index is 0.0332. The standard InChI is InChI=1S/C38H35Cl2N9O6/c39-24-6-4-7-25(40)23(24)19-48-20-43-26-12-11-21(17-30(26)48)28-18-31(47-46-28)44-33(51)10-2-1-9-32(50)42-16-15-41-27-8-3-5-22-35(27)38(55)49(37(22)54)29-13-14-34(52)45-36(29)53/h3-8,11-12,17-18,20,29,41H,1-2,9-10,13-16,19H2,(H,42,50)(H,45,52,53)(H2,44,46,47,51). The summed E-state index contributed by atoms with van der Waals surface area (Å²) in [4.78, 5) is 80.7. The van der Waals surface area contributed by atoms with Crippen molar-refractivity contribution in [1.29, 1.82) is 0 Å². The van der Waals surface area contributed by atoms with Gasteiger partial charge in [-0.15, -0.1) is 0 Å². The molecular weight excluding hydrogens is 749 g/mol. The minimum Gasteiger partial charge on any atom is -0.383 e. The first-order valence-electron chi connectivity index (χ1n) is 17.7. The van der Waals surface area contributed by atoms with Gasteiger partial charge < -0.3 is 20.5 Å². The number of aromatic nitrogens is 4. The average Bonchev–Trinajstić information content (AvgIpc) is 3.86. The number of rotatable bonds is 14. The summed E-state index contributed by atoms with van der Waals surface area (Å²) in [6, 6.07) is 16.7. The molecule has 3 aromatic carbocycles. The lowest BCUT2D eigenvalue weighted by atomic mass is 10.0. The Morgan fingerprint density at radius 2 is 1.65 bits per heavy atom. The Morgan fingerprint density at radius 3 is 2.44 bits per heavy atom. The normalized spacial score (nSPS) is 15.3. The van der Waals surface area contributed by atoms with Crippen molar-refractivity contribution in [2.24, 2.45) is 0 Å². The number of amides is 6. The van der Waals surface area contributed by atoms with Gasteiger partial charge in [-0.05, 0) is 55.7 Å². The molecule has 282 valence electrons. The van der Waals surface area contributed by atoms with Gasteiger partial charge in [0.05, 0.1) is 40.7 Å². The molecule has 1 saturated heterocycles. The molecule has 2 aliphatic heterocycles. The van der Waals surface area contributed by atoms with Crippen LogP contribution in [0.5, 0.6) is 0 Å². The van der Waals surface area contributed by atoms with E-state index >= 15 is 0 Å². The Hall–Kier alpha value is -6.06. The summed E-state index contributed by atoms with van der Waals surface area (Å²) in [7, 11) is 0. The highest BCUT2D eigenvalue weighted by Crippen LogP contribution is 2.33. The third-order valence-electron chi connectivity index (χ3n) is 9.46. The number of piperidine rings is 1. The van der Waals surface area contributed by atoms with Gasteiger partial charge in [-0.25, -0.2) is 4.98 Å². The Balaban J connectivity index is 0.833. The molecule has 4 heterocycles.